The molecule has 62 valence electrons. The van der Waals surface area contributed by atoms with Crippen molar-refractivity contribution in [2.45, 2.75) is 13.8 Å². The monoisotopic (exact) mass is 188 g/mol. The fourth-order valence-electron chi connectivity index (χ4n) is 0.201. The van der Waals surface area contributed by atoms with Crippen LogP contribution in [-0.4, -0.2) is 13.2 Å². The van der Waals surface area contributed by atoms with E-state index in [4.69, 9.17) is 11.2 Å². The molecule has 0 aromatic carbocycles. The molecule has 0 amide bonds. The van der Waals surface area contributed by atoms with Gasteiger partial charge in [0, 0.05) is 0 Å². The van der Waals surface area contributed by atoms with E-state index in [1.165, 1.54) is 0 Å². The van der Waals surface area contributed by atoms with E-state index in [9.17, 15) is 0 Å². The second kappa shape index (κ2) is 7.66. The van der Waals surface area contributed by atoms with Crippen molar-refractivity contribution in [2.24, 2.45) is 0 Å². The van der Waals surface area contributed by atoms with Crippen LogP contribution in [0.2, 0.25) is 0 Å². The van der Waals surface area contributed by atoms with Crippen molar-refractivity contribution in [3.8, 4) is 0 Å². The molecule has 0 atom stereocenters. The van der Waals surface area contributed by atoms with E-state index >= 15 is 0 Å². The normalized spacial score (nSPS) is 10.8. The summed E-state index contributed by atoms with van der Waals surface area (Å²) in [5.41, 5.74) is 0. The summed E-state index contributed by atoms with van der Waals surface area (Å²) in [6.07, 6.45) is 0. The van der Waals surface area contributed by atoms with Crippen molar-refractivity contribution in [2.75, 3.05) is 13.2 Å². The fraction of sp³-hybridized carbons (Fsp3) is 1.00. The Balaban J connectivity index is 3.00. The molecule has 4 nitrogen and oxygen atoms in total. The highest BCUT2D eigenvalue weighted by Crippen LogP contribution is 2.43. The Labute approximate surface area is 65.9 Å². The summed E-state index contributed by atoms with van der Waals surface area (Å²) in [6.45, 7) is 4.42. The molecular formula is C4H10ClO4P. The molecule has 10 heavy (non-hydrogen) atoms. The lowest BCUT2D eigenvalue weighted by Crippen LogP contribution is -1.90. The van der Waals surface area contributed by atoms with E-state index in [1.54, 1.807) is 13.8 Å². The molecular weight excluding hydrogens is 178 g/mol. The van der Waals surface area contributed by atoms with Gasteiger partial charge in [0.15, 0.2) is 0 Å². The van der Waals surface area contributed by atoms with Crippen molar-refractivity contribution in [1.82, 2.24) is 0 Å². The molecule has 0 bridgehead atoms. The van der Waals surface area contributed by atoms with Crippen LogP contribution < -0.4 is 0 Å². The van der Waals surface area contributed by atoms with Gasteiger partial charge in [0.1, 0.15) is 0 Å². The van der Waals surface area contributed by atoms with Gasteiger partial charge in [-0.1, -0.05) is 0 Å². The molecule has 0 radical (unpaired) electrons. The van der Waals surface area contributed by atoms with E-state index in [2.05, 4.69) is 19.1 Å². The number of hydrogen-bond acceptors (Lipinski definition) is 4. The molecule has 6 heteroatoms. The van der Waals surface area contributed by atoms with Crippen LogP contribution in [0.1, 0.15) is 13.8 Å². The van der Waals surface area contributed by atoms with Crippen molar-refractivity contribution < 1.29 is 19.1 Å². The summed E-state index contributed by atoms with van der Waals surface area (Å²) < 4.78 is 8.95. The summed E-state index contributed by atoms with van der Waals surface area (Å²) in [5, 5.41) is 0. The van der Waals surface area contributed by atoms with E-state index in [0.717, 1.165) is 0 Å². The van der Waals surface area contributed by atoms with Gasteiger partial charge < -0.3 is 0 Å². The van der Waals surface area contributed by atoms with Crippen molar-refractivity contribution in [1.29, 1.82) is 0 Å². The van der Waals surface area contributed by atoms with E-state index < -0.39 is 7.73 Å². The number of rotatable bonds is 6. The standard InChI is InChI=1S/C4H10ClO4P/c1-3-6-8-10(5)9-7-4-2/h3-4H2,1-2H3. The SMILES string of the molecule is CCOOP(Cl)OOCC. The Morgan fingerprint density at radius 2 is 1.50 bits per heavy atom. The second-order valence-corrected chi connectivity index (χ2v) is 2.73. The highest BCUT2D eigenvalue weighted by molar-refractivity contribution is 7.75. The molecule has 0 unspecified atom stereocenters. The van der Waals surface area contributed by atoms with Crippen LogP contribution in [0.5, 0.6) is 0 Å². The van der Waals surface area contributed by atoms with Gasteiger partial charge in [-0.3, -0.25) is 0 Å². The zero-order chi connectivity index (χ0) is 7.82. The molecule has 0 spiro atoms. The van der Waals surface area contributed by atoms with Crippen LogP contribution in [0.3, 0.4) is 0 Å². The maximum absolute atomic E-state index is 5.41. The lowest BCUT2D eigenvalue weighted by Gasteiger charge is -2.05. The number of hydrogen-bond donors (Lipinski definition) is 0. The molecule has 0 saturated heterocycles. The first-order valence-electron chi connectivity index (χ1n) is 2.86. The maximum Gasteiger partial charge on any atom is 0.341 e. The Morgan fingerprint density at radius 1 is 1.10 bits per heavy atom. The van der Waals surface area contributed by atoms with Crippen LogP contribution in [0.4, 0.5) is 0 Å². The Bertz CT molecular complexity index is 66.3. The molecule has 0 aromatic heterocycles. The third kappa shape index (κ3) is 6.68. The quantitative estimate of drug-likeness (QED) is 0.364. The fourth-order valence-corrected chi connectivity index (χ4v) is 0.841. The van der Waals surface area contributed by atoms with Gasteiger partial charge in [-0.15, -0.1) is 0 Å². The first kappa shape index (κ1) is 10.6. The van der Waals surface area contributed by atoms with E-state index in [0.29, 0.717) is 13.2 Å². The van der Waals surface area contributed by atoms with Gasteiger partial charge in [-0.05, 0) is 25.1 Å². The van der Waals surface area contributed by atoms with E-state index in [1.807, 2.05) is 0 Å². The van der Waals surface area contributed by atoms with Crippen molar-refractivity contribution in [3.63, 3.8) is 0 Å². The van der Waals surface area contributed by atoms with Gasteiger partial charge in [0.25, 0.3) is 0 Å². The van der Waals surface area contributed by atoms with Gasteiger partial charge in [-0.2, -0.15) is 9.35 Å². The third-order valence-corrected chi connectivity index (χ3v) is 1.24. The highest BCUT2D eigenvalue weighted by Gasteiger charge is 2.07. The molecule has 0 saturated carbocycles. The van der Waals surface area contributed by atoms with Crippen LogP contribution in [0.25, 0.3) is 0 Å². The topological polar surface area (TPSA) is 36.9 Å². The highest BCUT2D eigenvalue weighted by atomic mass is 35.7. The third-order valence-electron chi connectivity index (χ3n) is 0.458. The summed E-state index contributed by atoms with van der Waals surface area (Å²) in [5.74, 6) is 0. The summed E-state index contributed by atoms with van der Waals surface area (Å²) in [7, 11) is -1.56. The van der Waals surface area contributed by atoms with Gasteiger partial charge in [0.05, 0.1) is 13.2 Å². The minimum Gasteiger partial charge on any atom is -0.230 e. The van der Waals surface area contributed by atoms with Gasteiger partial charge >= 0.3 is 7.73 Å². The summed E-state index contributed by atoms with van der Waals surface area (Å²) in [6, 6.07) is 0. The average Bonchev–Trinajstić information content (AvgIpc) is 1.97. The largest absolute Gasteiger partial charge is 0.341 e. The second-order valence-electron chi connectivity index (χ2n) is 1.17. The molecule has 0 aliphatic carbocycles. The minimum absolute atomic E-state index is 0.432. The first-order valence-corrected chi connectivity index (χ1v) is 4.94. The maximum atomic E-state index is 5.41. The zero-order valence-corrected chi connectivity index (χ0v) is 7.52. The average molecular weight is 189 g/mol. The van der Waals surface area contributed by atoms with Crippen molar-refractivity contribution in [3.05, 3.63) is 0 Å². The Hall–Kier alpha value is 0.560. The summed E-state index contributed by atoms with van der Waals surface area (Å²) in [4.78, 5) is 8.97. The first-order chi connectivity index (χ1) is 4.81. The van der Waals surface area contributed by atoms with Crippen LogP contribution in [-0.2, 0) is 19.1 Å². The lowest BCUT2D eigenvalue weighted by molar-refractivity contribution is -0.248. The zero-order valence-electron chi connectivity index (χ0n) is 5.87. The summed E-state index contributed by atoms with van der Waals surface area (Å²) >= 11 is 5.41. The lowest BCUT2D eigenvalue weighted by atomic mass is 10.9. The Kier molecular flexibility index (Phi) is 8.09. The smallest absolute Gasteiger partial charge is 0.230 e. The molecule has 0 fully saturated rings. The van der Waals surface area contributed by atoms with Crippen LogP contribution in [0, 0.1) is 0 Å². The molecule has 0 heterocycles. The molecule has 0 aliphatic rings. The Morgan fingerprint density at radius 3 is 1.80 bits per heavy atom. The predicted octanol–water partition coefficient (Wildman–Crippen LogP) is 2.39. The molecule has 0 aromatic rings. The van der Waals surface area contributed by atoms with Crippen LogP contribution >= 0.6 is 19.0 Å². The predicted molar refractivity (Wildman–Crippen MR) is 38.2 cm³/mol. The van der Waals surface area contributed by atoms with Gasteiger partial charge in [0.2, 0.25) is 0 Å². The molecule has 0 aliphatic heterocycles. The molecule has 0 N–H and O–H groups in total. The van der Waals surface area contributed by atoms with Crippen molar-refractivity contribution >= 4 is 19.0 Å². The molecule has 0 rings (SSSR count). The van der Waals surface area contributed by atoms with Gasteiger partial charge in [-0.25, -0.2) is 9.78 Å². The van der Waals surface area contributed by atoms with Crippen LogP contribution in [0.15, 0.2) is 0 Å². The van der Waals surface area contributed by atoms with E-state index in [-0.39, 0.29) is 0 Å². The number of halogens is 1. The minimum atomic E-state index is -1.56.